The predicted molar refractivity (Wildman–Crippen MR) is 138 cm³/mol. The zero-order valence-corrected chi connectivity index (χ0v) is 19.0. The molecule has 0 radical (unpaired) electrons. The fourth-order valence-corrected chi connectivity index (χ4v) is 4.66. The van der Waals surface area contributed by atoms with Gasteiger partial charge in [0, 0.05) is 27.8 Å². The average Bonchev–Trinajstić information content (AvgIpc) is 2.80. The van der Waals surface area contributed by atoms with Gasteiger partial charge in [0.25, 0.3) is 10.0 Å². The van der Waals surface area contributed by atoms with Crippen LogP contribution in [0.15, 0.2) is 102 Å². The summed E-state index contributed by atoms with van der Waals surface area (Å²) in [7, 11) is -3.69. The summed E-state index contributed by atoms with van der Waals surface area (Å²) in [5, 5.41) is 5.51. The Kier molecular flexibility index (Phi) is 6.09. The van der Waals surface area contributed by atoms with Crippen LogP contribution in [0.1, 0.15) is 0 Å². The van der Waals surface area contributed by atoms with Crippen LogP contribution in [-0.4, -0.2) is 13.4 Å². The molecule has 6 nitrogen and oxygen atoms in total. The second-order valence-electron chi connectivity index (χ2n) is 7.40. The normalized spacial score (nSPS) is 11.2. The van der Waals surface area contributed by atoms with Crippen LogP contribution >= 0.6 is 12.4 Å². The number of hydrogen-bond acceptors (Lipinski definition) is 5. The fraction of sp³-hybridized carbons (Fsp3) is 0. The zero-order chi connectivity index (χ0) is 22.1. The van der Waals surface area contributed by atoms with E-state index >= 15 is 0 Å². The number of fused-ring (bicyclic) bond motifs is 2. The molecule has 0 fully saturated rings. The van der Waals surface area contributed by atoms with Crippen molar-refractivity contribution < 1.29 is 8.42 Å². The van der Waals surface area contributed by atoms with Gasteiger partial charge in [-0.15, -0.1) is 12.4 Å². The van der Waals surface area contributed by atoms with Crippen LogP contribution in [0.2, 0.25) is 0 Å². The summed E-state index contributed by atoms with van der Waals surface area (Å²) in [6.45, 7) is 0. The largest absolute Gasteiger partial charge is 0.399 e. The molecule has 0 unspecified atom stereocenters. The molecule has 0 amide bonds. The monoisotopic (exact) mass is 476 g/mol. The maximum atomic E-state index is 12.6. The van der Waals surface area contributed by atoms with Gasteiger partial charge in [-0.3, -0.25) is 4.72 Å². The summed E-state index contributed by atoms with van der Waals surface area (Å²) in [5.41, 5.74) is 10.2. The number of aromatic nitrogens is 1. The van der Waals surface area contributed by atoms with E-state index < -0.39 is 10.0 Å². The molecule has 166 valence electrons. The van der Waals surface area contributed by atoms with Crippen molar-refractivity contribution in [1.82, 2.24) is 4.98 Å². The SMILES string of the molecule is Cl.Nc1ccc(S(=O)(=O)Nc2ccc(Nc3c4ccccc4nc4ccccc34)cc2)cc1. The highest BCUT2D eigenvalue weighted by atomic mass is 35.5. The minimum atomic E-state index is -3.69. The Morgan fingerprint density at radius 1 is 0.667 bits per heavy atom. The Morgan fingerprint density at radius 3 is 1.76 bits per heavy atom. The first-order valence-electron chi connectivity index (χ1n) is 10.0. The van der Waals surface area contributed by atoms with Gasteiger partial charge in [-0.25, -0.2) is 13.4 Å². The third kappa shape index (κ3) is 4.55. The number of hydrogen-bond donors (Lipinski definition) is 3. The Hall–Kier alpha value is -3.81. The molecule has 1 heterocycles. The van der Waals surface area contributed by atoms with E-state index in [1.807, 2.05) is 60.7 Å². The van der Waals surface area contributed by atoms with Crippen LogP contribution in [-0.2, 0) is 10.0 Å². The maximum Gasteiger partial charge on any atom is 0.261 e. The third-order valence-electron chi connectivity index (χ3n) is 5.18. The molecule has 0 saturated carbocycles. The summed E-state index contributed by atoms with van der Waals surface area (Å²) in [5.74, 6) is 0. The topological polar surface area (TPSA) is 97.1 Å². The number of nitrogens with one attached hydrogen (secondary N) is 2. The van der Waals surface area contributed by atoms with Crippen molar-refractivity contribution >= 4 is 67.0 Å². The number of nitrogen functional groups attached to an aromatic ring is 1. The molecule has 0 atom stereocenters. The van der Waals surface area contributed by atoms with E-state index in [0.29, 0.717) is 11.4 Å². The smallest absolute Gasteiger partial charge is 0.261 e. The number of halogens is 1. The fourth-order valence-electron chi connectivity index (χ4n) is 3.60. The summed E-state index contributed by atoms with van der Waals surface area (Å²) >= 11 is 0. The number of pyridine rings is 1. The Labute approximate surface area is 197 Å². The first-order valence-corrected chi connectivity index (χ1v) is 11.5. The number of sulfonamides is 1. The highest BCUT2D eigenvalue weighted by molar-refractivity contribution is 7.92. The Bertz CT molecular complexity index is 1480. The number of benzene rings is 4. The van der Waals surface area contributed by atoms with Gasteiger partial charge in [0.2, 0.25) is 0 Å². The second kappa shape index (κ2) is 8.97. The molecule has 0 aliphatic rings. The minimum Gasteiger partial charge on any atom is -0.399 e. The van der Waals surface area contributed by atoms with Crippen molar-refractivity contribution in [3.63, 3.8) is 0 Å². The number of rotatable bonds is 5. The highest BCUT2D eigenvalue weighted by Crippen LogP contribution is 2.33. The van der Waals surface area contributed by atoms with Crippen LogP contribution in [0.3, 0.4) is 0 Å². The number of anilines is 4. The molecule has 0 spiro atoms. The van der Waals surface area contributed by atoms with E-state index in [9.17, 15) is 8.42 Å². The van der Waals surface area contributed by atoms with Crippen molar-refractivity contribution in [3.05, 3.63) is 97.1 Å². The van der Waals surface area contributed by atoms with Crippen molar-refractivity contribution in [1.29, 1.82) is 0 Å². The average molecular weight is 477 g/mol. The molecule has 5 rings (SSSR count). The van der Waals surface area contributed by atoms with Crippen LogP contribution in [0.25, 0.3) is 21.8 Å². The maximum absolute atomic E-state index is 12.6. The summed E-state index contributed by atoms with van der Waals surface area (Å²) in [4.78, 5) is 4.90. The number of nitrogens with two attached hydrogens (primary N) is 1. The van der Waals surface area contributed by atoms with Gasteiger partial charge in [-0.2, -0.15) is 0 Å². The van der Waals surface area contributed by atoms with Gasteiger partial charge in [0.1, 0.15) is 0 Å². The lowest BCUT2D eigenvalue weighted by Gasteiger charge is -2.14. The van der Waals surface area contributed by atoms with E-state index in [-0.39, 0.29) is 17.3 Å². The lowest BCUT2D eigenvalue weighted by atomic mass is 10.1. The van der Waals surface area contributed by atoms with Crippen molar-refractivity contribution in [2.45, 2.75) is 4.90 Å². The molecule has 33 heavy (non-hydrogen) atoms. The van der Waals surface area contributed by atoms with E-state index in [1.165, 1.54) is 12.1 Å². The molecular weight excluding hydrogens is 456 g/mol. The summed E-state index contributed by atoms with van der Waals surface area (Å²) < 4.78 is 27.8. The zero-order valence-electron chi connectivity index (χ0n) is 17.4. The van der Waals surface area contributed by atoms with Crippen LogP contribution < -0.4 is 15.8 Å². The van der Waals surface area contributed by atoms with Crippen LogP contribution in [0, 0.1) is 0 Å². The van der Waals surface area contributed by atoms with Crippen molar-refractivity contribution in [2.75, 3.05) is 15.8 Å². The first-order chi connectivity index (χ1) is 15.5. The molecule has 5 aromatic rings. The molecule has 4 N–H and O–H groups in total. The van der Waals surface area contributed by atoms with Crippen molar-refractivity contribution in [2.24, 2.45) is 0 Å². The van der Waals surface area contributed by atoms with Gasteiger partial charge in [-0.05, 0) is 60.7 Å². The van der Waals surface area contributed by atoms with Gasteiger partial charge in [0.15, 0.2) is 0 Å². The Balaban J connectivity index is 0.00000259. The predicted octanol–water partition coefficient (Wildman–Crippen LogP) is 5.94. The summed E-state index contributed by atoms with van der Waals surface area (Å²) in [6, 6.07) is 29.2. The highest BCUT2D eigenvalue weighted by Gasteiger charge is 2.14. The van der Waals surface area contributed by atoms with E-state index in [1.54, 1.807) is 24.3 Å². The summed E-state index contributed by atoms with van der Waals surface area (Å²) in [6.07, 6.45) is 0. The quantitative estimate of drug-likeness (QED) is 0.215. The van der Waals surface area contributed by atoms with Gasteiger partial charge < -0.3 is 11.1 Å². The molecule has 4 aromatic carbocycles. The van der Waals surface area contributed by atoms with Crippen LogP contribution in [0.5, 0.6) is 0 Å². The minimum absolute atomic E-state index is 0. The lowest BCUT2D eigenvalue weighted by Crippen LogP contribution is -2.12. The molecule has 8 heteroatoms. The van der Waals surface area contributed by atoms with Gasteiger partial charge >= 0.3 is 0 Å². The molecule has 1 aromatic heterocycles. The van der Waals surface area contributed by atoms with Gasteiger partial charge in [-0.1, -0.05) is 36.4 Å². The Morgan fingerprint density at radius 2 is 1.18 bits per heavy atom. The number of para-hydroxylation sites is 2. The molecular formula is C25H21ClN4O2S. The van der Waals surface area contributed by atoms with E-state index in [0.717, 1.165) is 33.2 Å². The van der Waals surface area contributed by atoms with E-state index in [2.05, 4.69) is 10.0 Å². The van der Waals surface area contributed by atoms with Crippen molar-refractivity contribution in [3.8, 4) is 0 Å². The second-order valence-corrected chi connectivity index (χ2v) is 9.08. The lowest BCUT2D eigenvalue weighted by molar-refractivity contribution is 0.601. The van der Waals surface area contributed by atoms with Crippen LogP contribution in [0.4, 0.5) is 22.7 Å². The first kappa shape index (κ1) is 22.4. The molecule has 0 aliphatic carbocycles. The molecule has 0 bridgehead atoms. The molecule has 0 saturated heterocycles. The standard InChI is InChI=1S/C25H20N4O2S.ClH/c26-17-9-15-20(16-10-17)32(30,31)29-19-13-11-18(12-14-19)27-25-21-5-1-3-7-23(21)28-24-8-4-2-6-22(24)25;/h1-16,29H,26H2,(H,27,28);1H. The van der Waals surface area contributed by atoms with Gasteiger partial charge in [0.05, 0.1) is 21.6 Å². The molecule has 0 aliphatic heterocycles. The van der Waals surface area contributed by atoms with E-state index in [4.69, 9.17) is 10.7 Å². The third-order valence-corrected chi connectivity index (χ3v) is 6.58. The number of nitrogens with zero attached hydrogens (tertiary/aromatic N) is 1.